The molecule has 6 heteroatoms. The number of unbranched alkanes of at least 4 members (excludes halogenated alkanes) is 1. The molecule has 0 aliphatic carbocycles. The Balaban J connectivity index is 2.54. The summed E-state index contributed by atoms with van der Waals surface area (Å²) in [6.45, 7) is 3.64. The van der Waals surface area contributed by atoms with E-state index in [-0.39, 0.29) is 5.05 Å². The molecule has 22 heavy (non-hydrogen) atoms. The lowest BCUT2D eigenvalue weighted by Crippen LogP contribution is -2.44. The van der Waals surface area contributed by atoms with Gasteiger partial charge >= 0.3 is 5.97 Å². The maximum Gasteiger partial charge on any atom is 0.308 e. The van der Waals surface area contributed by atoms with E-state index in [0.29, 0.717) is 12.2 Å². The Labute approximate surface area is 134 Å². The molecule has 2 aromatic rings. The number of nitrogens with zero attached hydrogens (tertiary/aromatic N) is 1. The molecule has 3 N–H and O–H groups in total. The summed E-state index contributed by atoms with van der Waals surface area (Å²) in [5, 5.41) is 19.3. The van der Waals surface area contributed by atoms with Crippen LogP contribution in [-0.2, 0) is 10.2 Å². The summed E-state index contributed by atoms with van der Waals surface area (Å²) in [7, 11) is 0. The van der Waals surface area contributed by atoms with Crippen LogP contribution >= 0.6 is 12.2 Å². The van der Waals surface area contributed by atoms with E-state index in [1.165, 1.54) is 0 Å². The first-order valence-electron chi connectivity index (χ1n) is 7.32. The molecule has 2 atom stereocenters. The molecule has 0 fully saturated rings. The Morgan fingerprint density at radius 2 is 2.09 bits per heavy atom. The van der Waals surface area contributed by atoms with E-state index in [2.05, 4.69) is 9.97 Å². The fourth-order valence-corrected chi connectivity index (χ4v) is 2.92. The van der Waals surface area contributed by atoms with Gasteiger partial charge in [0.1, 0.15) is 11.2 Å². The van der Waals surface area contributed by atoms with Crippen molar-refractivity contribution < 1.29 is 15.0 Å². The van der Waals surface area contributed by atoms with Crippen LogP contribution in [0.5, 0.6) is 0 Å². The first kappa shape index (κ1) is 16.4. The predicted molar refractivity (Wildman–Crippen MR) is 89.3 cm³/mol. The van der Waals surface area contributed by atoms with E-state index in [9.17, 15) is 15.0 Å². The highest BCUT2D eigenvalue weighted by atomic mass is 32.1. The Kier molecular flexibility index (Phi) is 4.81. The summed E-state index contributed by atoms with van der Waals surface area (Å²) < 4.78 is 0. The van der Waals surface area contributed by atoms with Crippen LogP contribution < -0.4 is 0 Å². The Hall–Kier alpha value is -1.95. The number of aromatic amines is 1. The summed E-state index contributed by atoms with van der Waals surface area (Å²) >= 11 is 5.00. The van der Waals surface area contributed by atoms with E-state index in [4.69, 9.17) is 12.2 Å². The number of thiocarbonyl (C=S) groups is 1. The van der Waals surface area contributed by atoms with Crippen molar-refractivity contribution >= 4 is 34.3 Å². The molecule has 0 amide bonds. The van der Waals surface area contributed by atoms with Crippen LogP contribution in [0.1, 0.15) is 38.9 Å². The lowest BCUT2D eigenvalue weighted by Gasteiger charge is -2.31. The standard InChI is InChI=1S/C16H20N2O3S/c1-3-4-7-10(13(19)20)16(2,15(21)22)14-17-11-8-5-6-9-12(11)18-14/h5-6,8-10H,3-4,7H2,1-2H3,(H,17,18)(H,19,20)(H,21,22). The number of hydrogen-bond donors (Lipinski definition) is 3. The number of carboxylic acids is 1. The van der Waals surface area contributed by atoms with Crippen LogP contribution in [0.3, 0.4) is 0 Å². The van der Waals surface area contributed by atoms with Gasteiger partial charge in [0.25, 0.3) is 0 Å². The van der Waals surface area contributed by atoms with Gasteiger partial charge in [-0.15, -0.1) is 0 Å². The summed E-state index contributed by atoms with van der Waals surface area (Å²) in [6, 6.07) is 7.41. The minimum absolute atomic E-state index is 0.352. The highest BCUT2D eigenvalue weighted by molar-refractivity contribution is 7.80. The minimum atomic E-state index is -1.23. The molecule has 0 saturated heterocycles. The smallest absolute Gasteiger partial charge is 0.308 e. The number of hydrogen-bond acceptors (Lipinski definition) is 3. The number of aromatic nitrogens is 2. The second-order valence-electron chi connectivity index (χ2n) is 5.64. The van der Waals surface area contributed by atoms with Crippen molar-refractivity contribution in [1.29, 1.82) is 0 Å². The topological polar surface area (TPSA) is 86.2 Å². The molecule has 0 saturated carbocycles. The van der Waals surface area contributed by atoms with Crippen molar-refractivity contribution in [2.24, 2.45) is 5.92 Å². The number of benzene rings is 1. The summed E-state index contributed by atoms with van der Waals surface area (Å²) in [5.41, 5.74) is 0.286. The third-order valence-electron chi connectivity index (χ3n) is 4.17. The second kappa shape index (κ2) is 6.44. The van der Waals surface area contributed by atoms with Gasteiger partial charge in [0.15, 0.2) is 5.05 Å². The van der Waals surface area contributed by atoms with Crippen LogP contribution in [0.25, 0.3) is 11.0 Å². The van der Waals surface area contributed by atoms with Gasteiger partial charge in [0.2, 0.25) is 0 Å². The molecule has 2 rings (SSSR count). The molecule has 1 heterocycles. The molecule has 1 aromatic carbocycles. The Morgan fingerprint density at radius 1 is 1.41 bits per heavy atom. The van der Waals surface area contributed by atoms with Gasteiger partial charge < -0.3 is 15.2 Å². The zero-order valence-electron chi connectivity index (χ0n) is 12.7. The largest absolute Gasteiger partial charge is 0.501 e. The van der Waals surface area contributed by atoms with Gasteiger partial charge in [-0.25, -0.2) is 4.98 Å². The van der Waals surface area contributed by atoms with E-state index >= 15 is 0 Å². The number of carboxylic acid groups (broad SMARTS) is 1. The first-order chi connectivity index (χ1) is 10.4. The number of nitrogens with one attached hydrogen (secondary N) is 1. The van der Waals surface area contributed by atoms with Gasteiger partial charge in [0.05, 0.1) is 17.0 Å². The van der Waals surface area contributed by atoms with Crippen molar-refractivity contribution in [1.82, 2.24) is 9.97 Å². The van der Waals surface area contributed by atoms with Crippen LogP contribution in [0.2, 0.25) is 0 Å². The predicted octanol–water partition coefficient (Wildman–Crippen LogP) is 3.60. The van der Waals surface area contributed by atoms with Crippen LogP contribution in [0.15, 0.2) is 24.3 Å². The maximum absolute atomic E-state index is 11.7. The fraction of sp³-hybridized carbons (Fsp3) is 0.438. The van der Waals surface area contributed by atoms with Gasteiger partial charge in [-0.2, -0.15) is 0 Å². The number of para-hydroxylation sites is 2. The van der Waals surface area contributed by atoms with E-state index in [1.807, 2.05) is 31.2 Å². The third kappa shape index (κ3) is 2.83. The van der Waals surface area contributed by atoms with E-state index < -0.39 is 17.3 Å². The number of aliphatic hydroxyl groups is 1. The zero-order chi connectivity index (χ0) is 16.3. The molecule has 0 aliphatic heterocycles. The number of imidazole rings is 1. The zero-order valence-corrected chi connectivity index (χ0v) is 13.5. The third-order valence-corrected chi connectivity index (χ3v) is 4.59. The monoisotopic (exact) mass is 320 g/mol. The molecule has 0 bridgehead atoms. The average Bonchev–Trinajstić information content (AvgIpc) is 2.91. The normalized spacial score (nSPS) is 15.4. The molecular formula is C16H20N2O3S. The van der Waals surface area contributed by atoms with Crippen molar-refractivity contribution in [2.75, 3.05) is 0 Å². The number of H-pyrrole nitrogens is 1. The minimum Gasteiger partial charge on any atom is -0.501 e. The van der Waals surface area contributed by atoms with Crippen molar-refractivity contribution in [3.05, 3.63) is 30.1 Å². The SMILES string of the molecule is CCCCC(C(=O)O)C(C)(C(O)=S)c1nc2ccccc2[nH]1. The van der Waals surface area contributed by atoms with Gasteiger partial charge in [-0.3, -0.25) is 4.79 Å². The highest BCUT2D eigenvalue weighted by Crippen LogP contribution is 2.36. The van der Waals surface area contributed by atoms with Gasteiger partial charge in [-0.05, 0) is 37.7 Å². The fourth-order valence-electron chi connectivity index (χ4n) is 2.68. The quantitative estimate of drug-likeness (QED) is 0.679. The summed E-state index contributed by atoms with van der Waals surface area (Å²) in [5.74, 6) is -1.41. The Bertz CT molecular complexity index is 665. The summed E-state index contributed by atoms with van der Waals surface area (Å²) in [6.07, 6.45) is 2.05. The van der Waals surface area contributed by atoms with E-state index in [0.717, 1.165) is 23.9 Å². The molecule has 0 spiro atoms. The molecule has 0 radical (unpaired) electrons. The maximum atomic E-state index is 11.7. The number of aliphatic carboxylic acids is 1. The van der Waals surface area contributed by atoms with Gasteiger partial charge in [-0.1, -0.05) is 31.9 Å². The molecule has 1 aromatic heterocycles. The molecule has 2 unspecified atom stereocenters. The van der Waals surface area contributed by atoms with E-state index in [1.54, 1.807) is 6.92 Å². The molecular weight excluding hydrogens is 300 g/mol. The molecule has 0 aliphatic rings. The average molecular weight is 320 g/mol. The number of rotatable bonds is 7. The molecule has 5 nitrogen and oxygen atoms in total. The van der Waals surface area contributed by atoms with Crippen molar-refractivity contribution in [3.8, 4) is 0 Å². The number of fused-ring (bicyclic) bond motifs is 1. The van der Waals surface area contributed by atoms with Crippen molar-refractivity contribution in [2.45, 2.75) is 38.5 Å². The molecule has 118 valence electrons. The van der Waals surface area contributed by atoms with Crippen LogP contribution in [-0.4, -0.2) is 31.2 Å². The number of aliphatic hydroxyl groups excluding tert-OH is 1. The number of carbonyl (C=O) groups is 1. The lowest BCUT2D eigenvalue weighted by atomic mass is 9.74. The second-order valence-corrected chi connectivity index (χ2v) is 6.03. The van der Waals surface area contributed by atoms with Crippen LogP contribution in [0.4, 0.5) is 0 Å². The lowest BCUT2D eigenvalue weighted by molar-refractivity contribution is -0.143. The first-order valence-corrected chi connectivity index (χ1v) is 7.73. The van der Waals surface area contributed by atoms with Crippen LogP contribution in [0, 0.1) is 5.92 Å². The van der Waals surface area contributed by atoms with Gasteiger partial charge in [0, 0.05) is 0 Å². The summed E-state index contributed by atoms with van der Waals surface area (Å²) in [4.78, 5) is 19.3. The Morgan fingerprint density at radius 3 is 2.64 bits per heavy atom. The highest BCUT2D eigenvalue weighted by Gasteiger charge is 2.46. The van der Waals surface area contributed by atoms with Crippen molar-refractivity contribution in [3.63, 3.8) is 0 Å².